The molecule has 0 spiro atoms. The van der Waals surface area contributed by atoms with E-state index in [4.69, 9.17) is 4.74 Å². The Labute approximate surface area is 106 Å². The predicted octanol–water partition coefficient (Wildman–Crippen LogP) is -0.141. The van der Waals surface area contributed by atoms with Gasteiger partial charge in [0.15, 0.2) is 30.1 Å². The molecule has 0 saturated carbocycles. The first-order chi connectivity index (χ1) is 8.59. The lowest BCUT2D eigenvalue weighted by Crippen LogP contribution is -2.72. The second kappa shape index (κ2) is 5.12. The summed E-state index contributed by atoms with van der Waals surface area (Å²) in [6.07, 6.45) is -0.629. The zero-order valence-corrected chi connectivity index (χ0v) is 10.5. The van der Waals surface area contributed by atoms with Crippen molar-refractivity contribution in [1.82, 2.24) is 0 Å². The number of ether oxygens (including phenoxy) is 1. The second-order valence-electron chi connectivity index (χ2n) is 4.44. The molecule has 1 saturated heterocycles. The van der Waals surface area contributed by atoms with Gasteiger partial charge < -0.3 is 4.74 Å². The van der Waals surface area contributed by atoms with Gasteiger partial charge in [-0.15, -0.1) is 0 Å². The molecule has 1 aromatic carbocycles. The number of ketones is 1. The average molecular weight is 246 g/mol. The average Bonchev–Trinajstić information content (AvgIpc) is 2.62. The number of cyclic esters (lactones) is 1. The molecule has 1 fully saturated rings. The molecule has 2 atom stereocenters. The van der Waals surface area contributed by atoms with Gasteiger partial charge in [0, 0.05) is 12.5 Å². The third-order valence-corrected chi connectivity index (χ3v) is 3.06. The van der Waals surface area contributed by atoms with Gasteiger partial charge >= 0.3 is 5.97 Å². The Hall–Kier alpha value is -1.97. The maximum Gasteiger partial charge on any atom is 0.327 e. The van der Waals surface area contributed by atoms with Gasteiger partial charge in [0.2, 0.25) is 0 Å². The number of hydrogen-bond donors (Lipinski definition) is 1. The van der Waals surface area contributed by atoms with Crippen molar-refractivity contribution in [3.05, 3.63) is 35.9 Å². The first kappa shape index (κ1) is 12.5. The van der Waals surface area contributed by atoms with Crippen molar-refractivity contribution >= 4 is 17.5 Å². The molecular formula is C14H16NO3+. The number of carbonyl (C=O) groups is 2. The lowest BCUT2D eigenvalue weighted by atomic mass is 9.99. The van der Waals surface area contributed by atoms with Crippen molar-refractivity contribution in [3.8, 4) is 0 Å². The Morgan fingerprint density at radius 2 is 1.94 bits per heavy atom. The Balaban J connectivity index is 2.10. The van der Waals surface area contributed by atoms with Crippen LogP contribution in [0.5, 0.6) is 0 Å². The summed E-state index contributed by atoms with van der Waals surface area (Å²) in [6.45, 7) is 3.95. The lowest BCUT2D eigenvalue weighted by Gasteiger charge is -1.99. The van der Waals surface area contributed by atoms with Gasteiger partial charge in [-0.2, -0.15) is 0 Å². The first-order valence-corrected chi connectivity index (χ1v) is 5.95. The van der Waals surface area contributed by atoms with Crippen molar-refractivity contribution in [2.24, 2.45) is 5.92 Å². The molecule has 0 radical (unpaired) electrons. The Bertz CT molecular complexity index is 493. The highest BCUT2D eigenvalue weighted by molar-refractivity contribution is 6.21. The van der Waals surface area contributed by atoms with Crippen molar-refractivity contribution in [3.63, 3.8) is 0 Å². The number of carbonyl (C=O) groups excluding carboxylic acids is 2. The van der Waals surface area contributed by atoms with E-state index in [1.54, 1.807) is 13.8 Å². The Kier molecular flexibility index (Phi) is 3.55. The summed E-state index contributed by atoms with van der Waals surface area (Å²) >= 11 is 0. The van der Waals surface area contributed by atoms with E-state index in [2.05, 4.69) is 4.99 Å². The quantitative estimate of drug-likeness (QED) is 0.459. The van der Waals surface area contributed by atoms with Gasteiger partial charge in [0.25, 0.3) is 0 Å². The maximum absolute atomic E-state index is 11.8. The van der Waals surface area contributed by atoms with Crippen LogP contribution in [0.15, 0.2) is 30.3 Å². The number of Topliss-reactive ketones (excluding diaryl/α,β-unsaturated/α-hetero) is 1. The molecular weight excluding hydrogens is 230 g/mol. The van der Waals surface area contributed by atoms with E-state index >= 15 is 0 Å². The SMILES string of the molecule is CC(=[NH+]Cc1ccccc1)[C@@H]1C(=O)O[C@H](C)C1=O. The maximum atomic E-state index is 11.8. The van der Waals surface area contributed by atoms with Crippen molar-refractivity contribution in [2.45, 2.75) is 26.5 Å². The molecule has 1 aliphatic heterocycles. The van der Waals surface area contributed by atoms with Crippen LogP contribution in [0, 0.1) is 5.92 Å². The first-order valence-electron chi connectivity index (χ1n) is 5.95. The molecule has 0 amide bonds. The van der Waals surface area contributed by atoms with Crippen LogP contribution in [-0.2, 0) is 20.9 Å². The van der Waals surface area contributed by atoms with Gasteiger partial charge in [0.1, 0.15) is 0 Å². The van der Waals surface area contributed by atoms with Crippen LogP contribution < -0.4 is 4.99 Å². The van der Waals surface area contributed by atoms with Crippen LogP contribution in [0.1, 0.15) is 19.4 Å². The van der Waals surface area contributed by atoms with Crippen molar-refractivity contribution in [1.29, 1.82) is 0 Å². The predicted molar refractivity (Wildman–Crippen MR) is 65.8 cm³/mol. The normalized spacial score (nSPS) is 24.2. The second-order valence-corrected chi connectivity index (χ2v) is 4.44. The number of esters is 1. The van der Waals surface area contributed by atoms with Crippen LogP contribution in [0.25, 0.3) is 0 Å². The van der Waals surface area contributed by atoms with Crippen LogP contribution >= 0.6 is 0 Å². The zero-order chi connectivity index (χ0) is 13.1. The Morgan fingerprint density at radius 1 is 1.28 bits per heavy atom. The highest BCUT2D eigenvalue weighted by atomic mass is 16.6. The van der Waals surface area contributed by atoms with Crippen molar-refractivity contribution in [2.75, 3.05) is 0 Å². The summed E-state index contributed by atoms with van der Waals surface area (Å²) < 4.78 is 4.91. The van der Waals surface area contributed by atoms with Gasteiger partial charge in [-0.25, -0.2) is 4.99 Å². The molecule has 4 nitrogen and oxygen atoms in total. The van der Waals surface area contributed by atoms with Crippen LogP contribution in [0.3, 0.4) is 0 Å². The lowest BCUT2D eigenvalue weighted by molar-refractivity contribution is -0.477. The molecule has 4 heteroatoms. The third-order valence-electron chi connectivity index (χ3n) is 3.06. The number of hydrogen-bond acceptors (Lipinski definition) is 3. The van der Waals surface area contributed by atoms with E-state index in [1.807, 2.05) is 30.3 Å². The molecule has 1 aliphatic rings. The van der Waals surface area contributed by atoms with Crippen LogP contribution in [0.2, 0.25) is 0 Å². The molecule has 2 rings (SSSR count). The summed E-state index contributed by atoms with van der Waals surface area (Å²) in [7, 11) is 0. The van der Waals surface area contributed by atoms with E-state index in [0.717, 1.165) is 5.56 Å². The number of rotatable bonds is 3. The minimum absolute atomic E-state index is 0.168. The van der Waals surface area contributed by atoms with E-state index in [1.165, 1.54) is 0 Å². The summed E-state index contributed by atoms with van der Waals surface area (Å²) in [5, 5.41) is 0. The summed E-state index contributed by atoms with van der Waals surface area (Å²) in [5.74, 6) is -1.38. The third kappa shape index (κ3) is 2.47. The minimum atomic E-state index is -0.760. The van der Waals surface area contributed by atoms with Gasteiger partial charge in [-0.05, 0) is 6.92 Å². The zero-order valence-electron chi connectivity index (χ0n) is 10.5. The molecule has 0 unspecified atom stereocenters. The summed E-state index contributed by atoms with van der Waals surface area (Å²) in [6, 6.07) is 9.81. The molecule has 0 aliphatic carbocycles. The summed E-state index contributed by atoms with van der Waals surface area (Å²) in [4.78, 5) is 26.4. The van der Waals surface area contributed by atoms with E-state index in [-0.39, 0.29) is 5.78 Å². The van der Waals surface area contributed by atoms with Gasteiger partial charge in [-0.1, -0.05) is 30.3 Å². The molecule has 18 heavy (non-hydrogen) atoms. The molecule has 0 bridgehead atoms. The van der Waals surface area contributed by atoms with E-state index < -0.39 is 18.0 Å². The monoisotopic (exact) mass is 246 g/mol. The molecule has 1 N–H and O–H groups in total. The number of nitrogens with one attached hydrogen (secondary N) is 1. The largest absolute Gasteiger partial charge is 0.454 e. The van der Waals surface area contributed by atoms with E-state index in [9.17, 15) is 9.59 Å². The fraction of sp³-hybridized carbons (Fsp3) is 0.357. The topological polar surface area (TPSA) is 57.3 Å². The molecule has 0 aromatic heterocycles. The molecule has 1 aromatic rings. The van der Waals surface area contributed by atoms with E-state index in [0.29, 0.717) is 12.3 Å². The number of benzene rings is 1. The highest BCUT2D eigenvalue weighted by Gasteiger charge is 2.45. The smallest absolute Gasteiger partial charge is 0.327 e. The fourth-order valence-electron chi connectivity index (χ4n) is 1.98. The summed E-state index contributed by atoms with van der Waals surface area (Å²) in [5.41, 5.74) is 1.75. The van der Waals surface area contributed by atoms with Crippen LogP contribution in [-0.4, -0.2) is 23.6 Å². The van der Waals surface area contributed by atoms with Crippen molar-refractivity contribution < 1.29 is 19.3 Å². The van der Waals surface area contributed by atoms with Gasteiger partial charge in [-0.3, -0.25) is 9.59 Å². The highest BCUT2D eigenvalue weighted by Crippen LogP contribution is 2.16. The Morgan fingerprint density at radius 3 is 2.50 bits per heavy atom. The van der Waals surface area contributed by atoms with Gasteiger partial charge in [0.05, 0.1) is 0 Å². The molecule has 94 valence electrons. The minimum Gasteiger partial charge on any atom is -0.454 e. The molecule has 1 heterocycles. The fourth-order valence-corrected chi connectivity index (χ4v) is 1.98. The van der Waals surface area contributed by atoms with Crippen LogP contribution in [0.4, 0.5) is 0 Å². The standard InChI is InChI=1S/C14H15NO3/c1-9(12-13(16)10(2)18-14(12)17)15-8-11-6-4-3-5-7-11/h3-7,10,12H,8H2,1-2H3/p+1/t10-,12+/m1/s1.